The van der Waals surface area contributed by atoms with Gasteiger partial charge in [-0.1, -0.05) is 30.0 Å². The molecule has 64 valence electrons. The molecule has 2 aliphatic heterocycles. The SMILES string of the molecule is C1=C2ONN=C2Sc2ccccc21. The largest absolute Gasteiger partial charge is 0.362 e. The summed E-state index contributed by atoms with van der Waals surface area (Å²) in [4.78, 5) is 6.32. The van der Waals surface area contributed by atoms with Crippen molar-refractivity contribution in [1.29, 1.82) is 0 Å². The molecule has 0 radical (unpaired) electrons. The standard InChI is InChI=1S/C9H6N2OS/c1-2-4-8-6(3-1)5-7-9(13-8)10-11-12-7/h1-5,11H. The van der Waals surface area contributed by atoms with Crippen LogP contribution in [0.3, 0.4) is 0 Å². The summed E-state index contributed by atoms with van der Waals surface area (Å²) in [7, 11) is 0. The van der Waals surface area contributed by atoms with Gasteiger partial charge in [0.2, 0.25) is 0 Å². The molecule has 1 N–H and O–H groups in total. The van der Waals surface area contributed by atoms with Gasteiger partial charge in [-0.2, -0.15) is 0 Å². The summed E-state index contributed by atoms with van der Waals surface area (Å²) in [5, 5.41) is 4.90. The fraction of sp³-hybridized carbons (Fsp3) is 0. The maximum atomic E-state index is 5.10. The minimum atomic E-state index is 0.809. The second-order valence-corrected chi connectivity index (χ2v) is 3.79. The van der Waals surface area contributed by atoms with Gasteiger partial charge >= 0.3 is 0 Å². The monoisotopic (exact) mass is 190 g/mol. The Kier molecular flexibility index (Phi) is 1.37. The highest BCUT2D eigenvalue weighted by Gasteiger charge is 2.22. The van der Waals surface area contributed by atoms with Crippen molar-refractivity contribution in [2.24, 2.45) is 5.10 Å². The van der Waals surface area contributed by atoms with Gasteiger partial charge in [-0.25, -0.2) is 0 Å². The van der Waals surface area contributed by atoms with E-state index in [-0.39, 0.29) is 0 Å². The zero-order valence-corrected chi connectivity index (χ0v) is 7.47. The van der Waals surface area contributed by atoms with Gasteiger partial charge in [0.05, 0.1) is 0 Å². The zero-order chi connectivity index (χ0) is 8.67. The fourth-order valence-electron chi connectivity index (χ4n) is 1.31. The van der Waals surface area contributed by atoms with Gasteiger partial charge in [-0.15, -0.1) is 10.7 Å². The lowest BCUT2D eigenvalue weighted by molar-refractivity contribution is 0.145. The van der Waals surface area contributed by atoms with E-state index in [1.807, 2.05) is 18.2 Å². The molecule has 0 bridgehead atoms. The van der Waals surface area contributed by atoms with E-state index in [0.717, 1.165) is 10.8 Å². The first-order chi connectivity index (χ1) is 6.43. The van der Waals surface area contributed by atoms with Crippen LogP contribution in [0.2, 0.25) is 0 Å². The highest BCUT2D eigenvalue weighted by molar-refractivity contribution is 8.14. The number of hydrogen-bond donors (Lipinski definition) is 1. The number of nitrogens with one attached hydrogen (secondary N) is 1. The van der Waals surface area contributed by atoms with Crippen molar-refractivity contribution in [3.05, 3.63) is 35.6 Å². The Bertz CT molecular complexity index is 425. The van der Waals surface area contributed by atoms with Gasteiger partial charge in [-0.05, 0) is 17.7 Å². The predicted octanol–water partition coefficient (Wildman–Crippen LogP) is 1.98. The number of hydrazone groups is 1. The minimum absolute atomic E-state index is 0.809. The number of nitrogens with zero attached hydrogens (tertiary/aromatic N) is 1. The van der Waals surface area contributed by atoms with Crippen LogP contribution < -0.4 is 5.59 Å². The lowest BCUT2D eigenvalue weighted by atomic mass is 10.2. The average molecular weight is 190 g/mol. The van der Waals surface area contributed by atoms with Gasteiger partial charge in [0, 0.05) is 4.90 Å². The van der Waals surface area contributed by atoms with E-state index in [9.17, 15) is 0 Å². The number of fused-ring (bicyclic) bond motifs is 2. The number of hydrogen-bond acceptors (Lipinski definition) is 4. The quantitative estimate of drug-likeness (QED) is 0.679. The third-order valence-electron chi connectivity index (χ3n) is 1.93. The Balaban J connectivity index is 2.18. The third-order valence-corrected chi connectivity index (χ3v) is 3.00. The van der Waals surface area contributed by atoms with Crippen molar-refractivity contribution in [1.82, 2.24) is 5.59 Å². The van der Waals surface area contributed by atoms with Crippen LogP contribution in [0, 0.1) is 0 Å². The molecule has 0 saturated carbocycles. The molecule has 3 rings (SSSR count). The highest BCUT2D eigenvalue weighted by Crippen LogP contribution is 2.35. The highest BCUT2D eigenvalue weighted by atomic mass is 32.2. The lowest BCUT2D eigenvalue weighted by Gasteiger charge is -2.10. The summed E-state index contributed by atoms with van der Waals surface area (Å²) in [5.41, 5.74) is 3.68. The molecular weight excluding hydrogens is 184 g/mol. The van der Waals surface area contributed by atoms with Gasteiger partial charge in [0.25, 0.3) is 0 Å². The normalized spacial score (nSPS) is 17.5. The van der Waals surface area contributed by atoms with Crippen LogP contribution in [0.5, 0.6) is 0 Å². The molecule has 13 heavy (non-hydrogen) atoms. The van der Waals surface area contributed by atoms with Crippen LogP contribution in [0.15, 0.2) is 40.0 Å². The summed E-state index contributed by atoms with van der Waals surface area (Å²) in [6, 6.07) is 8.18. The van der Waals surface area contributed by atoms with E-state index in [1.54, 1.807) is 11.8 Å². The van der Waals surface area contributed by atoms with Crippen molar-refractivity contribution >= 4 is 22.9 Å². The second kappa shape index (κ2) is 2.53. The molecule has 0 fully saturated rings. The minimum Gasteiger partial charge on any atom is -0.362 e. The molecule has 1 aromatic carbocycles. The molecule has 1 aromatic rings. The first-order valence-corrected chi connectivity index (χ1v) is 4.73. The first-order valence-electron chi connectivity index (χ1n) is 3.92. The summed E-state index contributed by atoms with van der Waals surface area (Å²) in [6.07, 6.45) is 1.99. The van der Waals surface area contributed by atoms with Crippen molar-refractivity contribution in [2.45, 2.75) is 4.90 Å². The van der Waals surface area contributed by atoms with E-state index >= 15 is 0 Å². The third kappa shape index (κ3) is 1.02. The van der Waals surface area contributed by atoms with E-state index < -0.39 is 0 Å². The molecule has 3 nitrogen and oxygen atoms in total. The van der Waals surface area contributed by atoms with Crippen molar-refractivity contribution in [3.8, 4) is 0 Å². The Morgan fingerprint density at radius 3 is 3.23 bits per heavy atom. The van der Waals surface area contributed by atoms with Crippen LogP contribution in [0.1, 0.15) is 5.56 Å². The molecule has 0 aliphatic carbocycles. The Morgan fingerprint density at radius 2 is 2.23 bits per heavy atom. The van der Waals surface area contributed by atoms with Gasteiger partial charge in [0.1, 0.15) is 0 Å². The van der Waals surface area contributed by atoms with Crippen molar-refractivity contribution < 1.29 is 4.84 Å². The van der Waals surface area contributed by atoms with Crippen LogP contribution in [-0.2, 0) is 4.84 Å². The summed E-state index contributed by atoms with van der Waals surface area (Å²) in [5.74, 6) is 0.809. The van der Waals surface area contributed by atoms with Crippen LogP contribution in [-0.4, -0.2) is 5.04 Å². The topological polar surface area (TPSA) is 33.6 Å². The first kappa shape index (κ1) is 7.03. The van der Waals surface area contributed by atoms with Crippen molar-refractivity contribution in [3.63, 3.8) is 0 Å². The number of benzene rings is 1. The fourth-order valence-corrected chi connectivity index (χ4v) is 2.20. The van der Waals surface area contributed by atoms with Crippen LogP contribution in [0.4, 0.5) is 0 Å². The second-order valence-electron chi connectivity index (χ2n) is 2.76. The van der Waals surface area contributed by atoms with Gasteiger partial charge < -0.3 is 4.84 Å². The maximum absolute atomic E-state index is 5.10. The molecular formula is C9H6N2OS. The molecule has 0 saturated heterocycles. The average Bonchev–Trinajstić information content (AvgIpc) is 2.61. The molecule has 0 aromatic heterocycles. The summed E-state index contributed by atoms with van der Waals surface area (Å²) >= 11 is 1.62. The van der Waals surface area contributed by atoms with Gasteiger partial charge in [0.15, 0.2) is 10.8 Å². The predicted molar refractivity (Wildman–Crippen MR) is 51.9 cm³/mol. The molecule has 0 atom stereocenters. The molecule has 0 amide bonds. The van der Waals surface area contributed by atoms with Crippen LogP contribution >= 0.6 is 11.8 Å². The number of rotatable bonds is 0. The van der Waals surface area contributed by atoms with E-state index in [1.165, 1.54) is 10.5 Å². The smallest absolute Gasteiger partial charge is 0.192 e. The molecule has 2 aliphatic rings. The molecule has 2 heterocycles. The Labute approximate surface area is 79.4 Å². The summed E-state index contributed by atoms with van der Waals surface area (Å²) in [6.45, 7) is 0. The Hall–Kier alpha value is -1.42. The lowest BCUT2D eigenvalue weighted by Crippen LogP contribution is -2.01. The molecule has 0 spiro atoms. The van der Waals surface area contributed by atoms with Gasteiger partial charge in [-0.3, -0.25) is 0 Å². The number of thioether (sulfide) groups is 1. The zero-order valence-electron chi connectivity index (χ0n) is 6.65. The van der Waals surface area contributed by atoms with E-state index in [2.05, 4.69) is 22.8 Å². The Morgan fingerprint density at radius 1 is 1.31 bits per heavy atom. The maximum Gasteiger partial charge on any atom is 0.192 e. The summed E-state index contributed by atoms with van der Waals surface area (Å²) < 4.78 is 0. The van der Waals surface area contributed by atoms with Crippen molar-refractivity contribution in [2.75, 3.05) is 0 Å². The van der Waals surface area contributed by atoms with Crippen LogP contribution in [0.25, 0.3) is 6.08 Å². The molecule has 4 heteroatoms. The van der Waals surface area contributed by atoms with E-state index in [0.29, 0.717) is 0 Å². The molecule has 0 unspecified atom stereocenters. The van der Waals surface area contributed by atoms with E-state index in [4.69, 9.17) is 4.84 Å².